The molecule has 1 aliphatic heterocycles. The lowest BCUT2D eigenvalue weighted by Gasteiger charge is -2.18. The van der Waals surface area contributed by atoms with Crippen molar-refractivity contribution in [2.45, 2.75) is 13.8 Å². The summed E-state index contributed by atoms with van der Waals surface area (Å²) >= 11 is 1.65. The predicted octanol–water partition coefficient (Wildman–Crippen LogP) is 5.42. The summed E-state index contributed by atoms with van der Waals surface area (Å²) in [7, 11) is 0. The molecule has 1 aliphatic rings. The molecule has 0 radical (unpaired) electrons. The van der Waals surface area contributed by atoms with E-state index < -0.39 is 0 Å². The van der Waals surface area contributed by atoms with E-state index in [-0.39, 0.29) is 0 Å². The number of thiazole rings is 1. The molecule has 0 unspecified atom stereocenters. The van der Waals surface area contributed by atoms with Crippen molar-refractivity contribution < 1.29 is 9.47 Å². The quantitative estimate of drug-likeness (QED) is 0.500. The van der Waals surface area contributed by atoms with Gasteiger partial charge in [-0.3, -0.25) is 0 Å². The number of para-hydroxylation sites is 1. The highest BCUT2D eigenvalue weighted by molar-refractivity contribution is 7.16. The highest BCUT2D eigenvalue weighted by Gasteiger charge is 2.18. The van der Waals surface area contributed by atoms with Crippen molar-refractivity contribution >= 4 is 33.1 Å². The maximum atomic E-state index is 5.67. The molecule has 0 saturated carbocycles. The van der Waals surface area contributed by atoms with Gasteiger partial charge in [0, 0.05) is 38.8 Å². The fraction of sp³-hybridized carbons (Fsp3) is 0.190. The summed E-state index contributed by atoms with van der Waals surface area (Å²) in [6.07, 6.45) is 0. The number of aromatic amines is 1. The number of aromatic nitrogens is 2. The normalized spacial score (nSPS) is 13.1. The van der Waals surface area contributed by atoms with Crippen LogP contribution in [0.1, 0.15) is 10.6 Å². The van der Waals surface area contributed by atoms with Crippen LogP contribution >= 0.6 is 11.3 Å². The molecular weight excluding hydrogens is 358 g/mol. The van der Waals surface area contributed by atoms with Crippen molar-refractivity contribution in [3.63, 3.8) is 0 Å². The number of ether oxygens (including phenoxy) is 2. The van der Waals surface area contributed by atoms with Gasteiger partial charge in [0.05, 0.1) is 5.69 Å². The molecule has 0 atom stereocenters. The zero-order chi connectivity index (χ0) is 18.4. The molecule has 27 heavy (non-hydrogen) atoms. The average molecular weight is 377 g/mol. The van der Waals surface area contributed by atoms with E-state index in [1.807, 2.05) is 24.3 Å². The number of benzene rings is 2. The van der Waals surface area contributed by atoms with Crippen molar-refractivity contribution in [1.82, 2.24) is 9.97 Å². The van der Waals surface area contributed by atoms with Gasteiger partial charge in [0.2, 0.25) is 0 Å². The van der Waals surface area contributed by atoms with Gasteiger partial charge in [-0.2, -0.15) is 0 Å². The van der Waals surface area contributed by atoms with Crippen molar-refractivity contribution in [3.05, 3.63) is 53.0 Å². The zero-order valence-corrected chi connectivity index (χ0v) is 15.9. The summed E-state index contributed by atoms with van der Waals surface area (Å²) in [5, 5.41) is 5.47. The Morgan fingerprint density at radius 2 is 1.85 bits per heavy atom. The molecule has 0 spiro atoms. The first-order valence-electron chi connectivity index (χ1n) is 8.91. The molecule has 136 valence electrons. The van der Waals surface area contributed by atoms with Gasteiger partial charge in [-0.15, -0.1) is 11.3 Å². The van der Waals surface area contributed by atoms with Crippen LogP contribution in [0.4, 0.5) is 10.8 Å². The molecule has 4 aromatic rings. The summed E-state index contributed by atoms with van der Waals surface area (Å²) in [5.41, 5.74) is 5.41. The van der Waals surface area contributed by atoms with Crippen molar-refractivity contribution in [2.24, 2.45) is 0 Å². The largest absolute Gasteiger partial charge is 0.486 e. The Kier molecular flexibility index (Phi) is 3.79. The first-order valence-corrected chi connectivity index (χ1v) is 9.72. The summed E-state index contributed by atoms with van der Waals surface area (Å²) in [6, 6.07) is 14.2. The molecule has 6 heteroatoms. The number of nitrogens with zero attached hydrogens (tertiary/aromatic N) is 1. The standard InChI is InChI=1S/C21H19N3O2S/c1-12-19(15-5-3-4-6-16(15)22-12)20-13(2)27-21(24-20)23-14-7-8-17-18(11-14)26-10-9-25-17/h3-8,11,22H,9-10H2,1-2H3,(H,23,24). The monoisotopic (exact) mass is 377 g/mol. The fourth-order valence-corrected chi connectivity index (χ4v) is 4.35. The Morgan fingerprint density at radius 1 is 1.04 bits per heavy atom. The van der Waals surface area contributed by atoms with E-state index >= 15 is 0 Å². The number of H-pyrrole nitrogens is 1. The van der Waals surface area contributed by atoms with E-state index in [2.05, 4.69) is 42.3 Å². The zero-order valence-electron chi connectivity index (χ0n) is 15.1. The van der Waals surface area contributed by atoms with E-state index in [4.69, 9.17) is 14.5 Å². The first-order chi connectivity index (χ1) is 13.2. The van der Waals surface area contributed by atoms with Crippen LogP contribution in [0.5, 0.6) is 11.5 Å². The second-order valence-corrected chi connectivity index (χ2v) is 7.78. The highest BCUT2D eigenvalue weighted by atomic mass is 32.1. The predicted molar refractivity (Wildman–Crippen MR) is 110 cm³/mol. The number of hydrogen-bond donors (Lipinski definition) is 2. The van der Waals surface area contributed by atoms with Crippen LogP contribution in [0.2, 0.25) is 0 Å². The van der Waals surface area contributed by atoms with Crippen LogP contribution in [-0.4, -0.2) is 23.2 Å². The maximum Gasteiger partial charge on any atom is 0.187 e. The second kappa shape index (κ2) is 6.32. The van der Waals surface area contributed by atoms with E-state index in [1.54, 1.807) is 11.3 Å². The van der Waals surface area contributed by atoms with E-state index in [9.17, 15) is 0 Å². The number of rotatable bonds is 3. The van der Waals surface area contributed by atoms with Gasteiger partial charge in [-0.1, -0.05) is 18.2 Å². The molecule has 0 bridgehead atoms. The number of aryl methyl sites for hydroxylation is 2. The molecule has 0 aliphatic carbocycles. The third-order valence-corrected chi connectivity index (χ3v) is 5.61. The molecule has 5 rings (SSSR count). The minimum absolute atomic E-state index is 0.580. The van der Waals surface area contributed by atoms with Crippen LogP contribution < -0.4 is 14.8 Å². The Hall–Kier alpha value is -2.99. The summed E-state index contributed by atoms with van der Waals surface area (Å²) < 4.78 is 11.3. The smallest absolute Gasteiger partial charge is 0.187 e. The minimum atomic E-state index is 0.580. The lowest BCUT2D eigenvalue weighted by Crippen LogP contribution is -2.15. The van der Waals surface area contributed by atoms with Crippen LogP contribution in [0.3, 0.4) is 0 Å². The molecule has 5 nitrogen and oxygen atoms in total. The first kappa shape index (κ1) is 16.2. The SMILES string of the molecule is Cc1[nH]c2ccccc2c1-c1nc(Nc2ccc3c(c2)OCCO3)sc1C. The molecule has 2 N–H and O–H groups in total. The second-order valence-electron chi connectivity index (χ2n) is 6.58. The van der Waals surface area contributed by atoms with Crippen LogP contribution in [0.15, 0.2) is 42.5 Å². The van der Waals surface area contributed by atoms with Gasteiger partial charge < -0.3 is 19.8 Å². The summed E-state index contributed by atoms with van der Waals surface area (Å²) in [4.78, 5) is 9.53. The highest BCUT2D eigenvalue weighted by Crippen LogP contribution is 2.39. The fourth-order valence-electron chi connectivity index (χ4n) is 3.51. The van der Waals surface area contributed by atoms with E-state index in [0.29, 0.717) is 13.2 Å². The minimum Gasteiger partial charge on any atom is -0.486 e. The molecule has 0 amide bonds. The summed E-state index contributed by atoms with van der Waals surface area (Å²) in [6.45, 7) is 5.39. The number of hydrogen-bond acceptors (Lipinski definition) is 5. The topological polar surface area (TPSA) is 59.2 Å². The number of anilines is 2. The molecule has 2 aromatic carbocycles. The van der Waals surface area contributed by atoms with Crippen LogP contribution in [0.25, 0.3) is 22.2 Å². The third kappa shape index (κ3) is 2.82. The van der Waals surface area contributed by atoms with Gasteiger partial charge in [0.25, 0.3) is 0 Å². The number of fused-ring (bicyclic) bond motifs is 2. The van der Waals surface area contributed by atoms with Crippen molar-refractivity contribution in [3.8, 4) is 22.8 Å². The lowest BCUT2D eigenvalue weighted by atomic mass is 10.1. The Morgan fingerprint density at radius 3 is 2.74 bits per heavy atom. The lowest BCUT2D eigenvalue weighted by molar-refractivity contribution is 0.171. The Bertz CT molecular complexity index is 1150. The molecule has 2 aromatic heterocycles. The van der Waals surface area contributed by atoms with Gasteiger partial charge in [-0.25, -0.2) is 4.98 Å². The van der Waals surface area contributed by atoms with Crippen LogP contribution in [0, 0.1) is 13.8 Å². The molecule has 3 heterocycles. The Labute approximate surface area is 161 Å². The average Bonchev–Trinajstić information content (AvgIpc) is 3.19. The van der Waals surface area contributed by atoms with Gasteiger partial charge in [-0.05, 0) is 32.0 Å². The van der Waals surface area contributed by atoms with Crippen molar-refractivity contribution in [2.75, 3.05) is 18.5 Å². The molecule has 0 fully saturated rings. The maximum absolute atomic E-state index is 5.67. The third-order valence-electron chi connectivity index (χ3n) is 4.72. The van der Waals surface area contributed by atoms with E-state index in [1.165, 1.54) is 15.8 Å². The van der Waals surface area contributed by atoms with Crippen LogP contribution in [-0.2, 0) is 0 Å². The van der Waals surface area contributed by atoms with Gasteiger partial charge in [0.15, 0.2) is 16.6 Å². The van der Waals surface area contributed by atoms with Gasteiger partial charge >= 0.3 is 0 Å². The van der Waals surface area contributed by atoms with Gasteiger partial charge in [0.1, 0.15) is 13.2 Å². The molecule has 0 saturated heterocycles. The summed E-state index contributed by atoms with van der Waals surface area (Å²) in [5.74, 6) is 1.56. The Balaban J connectivity index is 1.50. The number of nitrogens with one attached hydrogen (secondary N) is 2. The van der Waals surface area contributed by atoms with E-state index in [0.717, 1.165) is 39.2 Å². The van der Waals surface area contributed by atoms with Crippen molar-refractivity contribution in [1.29, 1.82) is 0 Å². The molecular formula is C21H19N3O2S.